The van der Waals surface area contributed by atoms with Crippen LogP contribution in [0.1, 0.15) is 0 Å². The fourth-order valence-electron chi connectivity index (χ4n) is 6.25. The lowest BCUT2D eigenvalue weighted by atomic mass is 9.94. The van der Waals surface area contributed by atoms with Crippen molar-refractivity contribution in [2.24, 2.45) is 14.1 Å². The molecule has 0 aliphatic heterocycles. The second kappa shape index (κ2) is 12.1. The molecular formula is C42H31N5O. The molecule has 0 fully saturated rings. The molecule has 0 radical (unpaired) electrons. The average Bonchev–Trinajstić information content (AvgIpc) is 3.38. The molecule has 0 aliphatic carbocycles. The summed E-state index contributed by atoms with van der Waals surface area (Å²) in [6.07, 6.45) is 0. The molecule has 2 heterocycles. The summed E-state index contributed by atoms with van der Waals surface area (Å²) >= 11 is 0. The quantitative estimate of drug-likeness (QED) is 0.186. The van der Waals surface area contributed by atoms with Crippen LogP contribution in [0, 0.1) is 0 Å². The number of hydrogen-bond donors (Lipinski definition) is 0. The third kappa shape index (κ3) is 5.29. The molecule has 0 aliphatic rings. The van der Waals surface area contributed by atoms with Gasteiger partial charge in [0, 0.05) is 30.8 Å². The Morgan fingerprint density at radius 3 is 1.46 bits per heavy atom. The van der Waals surface area contributed by atoms with E-state index in [1.807, 2.05) is 60.7 Å². The number of rotatable bonds is 6. The first-order valence-corrected chi connectivity index (χ1v) is 15.9. The van der Waals surface area contributed by atoms with Crippen LogP contribution in [0.25, 0.3) is 78.6 Å². The summed E-state index contributed by atoms with van der Waals surface area (Å²) in [5.41, 5.74) is 11.0. The second-order valence-corrected chi connectivity index (χ2v) is 11.8. The Morgan fingerprint density at radius 1 is 0.375 bits per heavy atom. The number of imidazole rings is 1. The zero-order valence-electron chi connectivity index (χ0n) is 26.6. The first-order chi connectivity index (χ1) is 23.5. The second-order valence-electron chi connectivity index (χ2n) is 11.8. The molecule has 6 heteroatoms. The first kappa shape index (κ1) is 29.0. The van der Waals surface area contributed by atoms with Crippen LogP contribution in [0.15, 0.2) is 156 Å². The van der Waals surface area contributed by atoms with E-state index in [0.717, 1.165) is 61.1 Å². The summed E-state index contributed by atoms with van der Waals surface area (Å²) in [6.45, 7) is 0. The van der Waals surface area contributed by atoms with Crippen molar-refractivity contribution in [3.8, 4) is 67.5 Å². The lowest BCUT2D eigenvalue weighted by Crippen LogP contribution is -2.19. The summed E-state index contributed by atoms with van der Waals surface area (Å²) < 4.78 is 3.35. The molecular weight excluding hydrogens is 590 g/mol. The predicted molar refractivity (Wildman–Crippen MR) is 194 cm³/mol. The fraction of sp³-hybridized carbons (Fsp3) is 0.0476. The molecule has 230 valence electrons. The molecule has 8 aromatic rings. The van der Waals surface area contributed by atoms with E-state index < -0.39 is 0 Å². The van der Waals surface area contributed by atoms with Gasteiger partial charge in [0.2, 0.25) is 0 Å². The maximum atomic E-state index is 12.5. The third-order valence-electron chi connectivity index (χ3n) is 8.87. The number of aromatic nitrogens is 5. The first-order valence-electron chi connectivity index (χ1n) is 15.9. The number of aryl methyl sites for hydroxylation is 2. The van der Waals surface area contributed by atoms with Gasteiger partial charge in [0.05, 0.1) is 11.0 Å². The lowest BCUT2D eigenvalue weighted by Gasteiger charge is -2.14. The Morgan fingerprint density at radius 2 is 0.812 bits per heavy atom. The van der Waals surface area contributed by atoms with Crippen molar-refractivity contribution in [1.82, 2.24) is 24.1 Å². The minimum absolute atomic E-state index is 0.0394. The van der Waals surface area contributed by atoms with E-state index in [4.69, 9.17) is 15.0 Å². The number of nitrogens with zero attached hydrogens (tertiary/aromatic N) is 5. The van der Waals surface area contributed by atoms with E-state index in [9.17, 15) is 4.79 Å². The monoisotopic (exact) mass is 621 g/mol. The van der Waals surface area contributed by atoms with Gasteiger partial charge >= 0.3 is 5.69 Å². The van der Waals surface area contributed by atoms with Gasteiger partial charge in [-0.05, 0) is 57.6 Å². The molecule has 0 saturated carbocycles. The van der Waals surface area contributed by atoms with Crippen molar-refractivity contribution in [1.29, 1.82) is 0 Å². The highest BCUT2D eigenvalue weighted by molar-refractivity contribution is 5.86. The van der Waals surface area contributed by atoms with E-state index in [1.54, 1.807) is 23.2 Å². The summed E-state index contributed by atoms with van der Waals surface area (Å²) in [5, 5.41) is 0. The molecule has 48 heavy (non-hydrogen) atoms. The van der Waals surface area contributed by atoms with Crippen LogP contribution >= 0.6 is 0 Å². The van der Waals surface area contributed by atoms with Crippen LogP contribution in [0.2, 0.25) is 0 Å². The number of benzene rings is 6. The number of hydrogen-bond acceptors (Lipinski definition) is 4. The van der Waals surface area contributed by atoms with Gasteiger partial charge in [0.15, 0.2) is 17.5 Å². The average molecular weight is 622 g/mol. The van der Waals surface area contributed by atoms with Crippen molar-refractivity contribution in [3.05, 3.63) is 162 Å². The molecule has 0 spiro atoms. The molecule has 8 rings (SSSR count). The van der Waals surface area contributed by atoms with Gasteiger partial charge in [-0.2, -0.15) is 0 Å². The maximum Gasteiger partial charge on any atom is 0.328 e. The van der Waals surface area contributed by atoms with Crippen molar-refractivity contribution in [2.75, 3.05) is 0 Å². The Kier molecular flexibility index (Phi) is 7.31. The van der Waals surface area contributed by atoms with Crippen molar-refractivity contribution < 1.29 is 0 Å². The van der Waals surface area contributed by atoms with Gasteiger partial charge in [-0.1, -0.05) is 127 Å². The Hall–Kier alpha value is -6.40. The molecule has 0 N–H and O–H groups in total. The molecule has 6 nitrogen and oxygen atoms in total. The highest BCUT2D eigenvalue weighted by atomic mass is 16.1. The van der Waals surface area contributed by atoms with Crippen LogP contribution in [0.5, 0.6) is 0 Å². The predicted octanol–water partition coefficient (Wildman–Crippen LogP) is 9.06. The summed E-state index contributed by atoms with van der Waals surface area (Å²) in [4.78, 5) is 27.6. The Balaban J connectivity index is 1.26. The standard InChI is InChI=1S/C42H31N5O/c1-46-37-25-23-34(27-38(37)47(2)42(46)48)29-18-20-32(21-19-29)40-43-39(31-16-10-5-11-17-31)44-41(45-40)35-24-22-33(28-12-6-3-7-13-28)26-36(35)30-14-8-4-9-15-30/h3-27H,1-2H3. The summed E-state index contributed by atoms with van der Waals surface area (Å²) in [7, 11) is 3.60. The Labute approximate surface area is 278 Å². The van der Waals surface area contributed by atoms with E-state index in [0.29, 0.717) is 17.5 Å². The zero-order chi connectivity index (χ0) is 32.6. The highest BCUT2D eigenvalue weighted by Crippen LogP contribution is 2.36. The van der Waals surface area contributed by atoms with Crippen molar-refractivity contribution >= 4 is 11.0 Å². The SMILES string of the molecule is Cn1c(=O)n(C)c2cc(-c3ccc(-c4nc(-c5ccccc5)nc(-c5ccc(-c6ccccc6)cc5-c5ccccc5)n4)cc3)ccc21. The van der Waals surface area contributed by atoms with Gasteiger partial charge in [0.25, 0.3) is 0 Å². The molecule has 0 unspecified atom stereocenters. The van der Waals surface area contributed by atoms with Crippen LogP contribution in [-0.2, 0) is 14.1 Å². The molecule has 0 amide bonds. The molecule has 6 aromatic carbocycles. The highest BCUT2D eigenvalue weighted by Gasteiger charge is 2.17. The maximum absolute atomic E-state index is 12.5. The minimum Gasteiger partial charge on any atom is -0.295 e. The minimum atomic E-state index is -0.0394. The van der Waals surface area contributed by atoms with E-state index in [2.05, 4.69) is 91.0 Å². The lowest BCUT2D eigenvalue weighted by molar-refractivity contribution is 0.795. The topological polar surface area (TPSA) is 65.6 Å². The van der Waals surface area contributed by atoms with Crippen LogP contribution in [0.3, 0.4) is 0 Å². The molecule has 0 bridgehead atoms. The van der Waals surface area contributed by atoms with Crippen molar-refractivity contribution in [2.45, 2.75) is 0 Å². The van der Waals surface area contributed by atoms with E-state index in [1.165, 1.54) is 0 Å². The molecule has 2 aromatic heterocycles. The van der Waals surface area contributed by atoms with Gasteiger partial charge in [-0.25, -0.2) is 19.7 Å². The molecule has 0 atom stereocenters. The summed E-state index contributed by atoms with van der Waals surface area (Å²) in [5.74, 6) is 1.82. The zero-order valence-corrected chi connectivity index (χ0v) is 26.6. The van der Waals surface area contributed by atoms with Crippen LogP contribution < -0.4 is 5.69 Å². The van der Waals surface area contributed by atoms with E-state index in [-0.39, 0.29) is 5.69 Å². The van der Waals surface area contributed by atoms with Crippen molar-refractivity contribution in [3.63, 3.8) is 0 Å². The fourth-order valence-corrected chi connectivity index (χ4v) is 6.25. The normalized spacial score (nSPS) is 11.2. The molecule has 0 saturated heterocycles. The Bertz CT molecular complexity index is 2470. The van der Waals surface area contributed by atoms with Gasteiger partial charge < -0.3 is 0 Å². The van der Waals surface area contributed by atoms with Gasteiger partial charge in [0.1, 0.15) is 0 Å². The largest absolute Gasteiger partial charge is 0.328 e. The van der Waals surface area contributed by atoms with Crippen LogP contribution in [-0.4, -0.2) is 24.1 Å². The van der Waals surface area contributed by atoms with Gasteiger partial charge in [-0.15, -0.1) is 0 Å². The van der Waals surface area contributed by atoms with Crippen LogP contribution in [0.4, 0.5) is 0 Å². The smallest absolute Gasteiger partial charge is 0.295 e. The number of fused-ring (bicyclic) bond motifs is 1. The van der Waals surface area contributed by atoms with E-state index >= 15 is 0 Å². The third-order valence-corrected chi connectivity index (χ3v) is 8.87. The van der Waals surface area contributed by atoms with Gasteiger partial charge in [-0.3, -0.25) is 9.13 Å². The summed E-state index contributed by atoms with van der Waals surface area (Å²) in [6, 6.07) is 51.7.